The van der Waals surface area contributed by atoms with Gasteiger partial charge in [0, 0.05) is 26.2 Å². The largest absolute Gasteiger partial charge is 0.497 e. The van der Waals surface area contributed by atoms with Crippen molar-refractivity contribution in [2.45, 2.75) is 13.5 Å². The molecule has 2 aromatic rings. The molecule has 0 aromatic heterocycles. The van der Waals surface area contributed by atoms with Crippen LogP contribution in [0, 0.1) is 0 Å². The van der Waals surface area contributed by atoms with Crippen LogP contribution >= 0.6 is 0 Å². The van der Waals surface area contributed by atoms with E-state index in [1.165, 1.54) is 30.0 Å². The second kappa shape index (κ2) is 8.75. The van der Waals surface area contributed by atoms with E-state index in [4.69, 9.17) is 4.74 Å². The number of rotatable bonds is 7. The van der Waals surface area contributed by atoms with E-state index in [1.54, 1.807) is 20.2 Å². The molecule has 0 aliphatic rings. The Hall–Kier alpha value is -3.07. The summed E-state index contributed by atoms with van der Waals surface area (Å²) in [5.41, 5.74) is 1.51. The monoisotopic (exact) mass is 405 g/mol. The Morgan fingerprint density at radius 1 is 1.14 bits per heavy atom. The van der Waals surface area contributed by atoms with Crippen LogP contribution in [0.3, 0.4) is 0 Å². The molecule has 8 nitrogen and oxygen atoms in total. The number of benzene rings is 2. The molecule has 9 heteroatoms. The molecule has 0 radical (unpaired) electrons. The highest BCUT2D eigenvalue weighted by molar-refractivity contribution is 7.92. The highest BCUT2D eigenvalue weighted by Gasteiger charge is 2.19. The highest BCUT2D eigenvalue weighted by atomic mass is 32.2. The number of sulfonamides is 1. The van der Waals surface area contributed by atoms with Crippen LogP contribution in [0.25, 0.3) is 0 Å². The fourth-order valence-corrected chi connectivity index (χ4v) is 3.19. The fourth-order valence-electron chi connectivity index (χ4n) is 2.61. The molecule has 2 rings (SSSR count). The molecule has 0 aliphatic carbocycles. The molecule has 0 unspecified atom stereocenters. The summed E-state index contributed by atoms with van der Waals surface area (Å²) in [6.45, 7) is 1.64. The summed E-state index contributed by atoms with van der Waals surface area (Å²) in [7, 11) is -0.419. The molecular formula is C19H23N3O5S. The van der Waals surface area contributed by atoms with Crippen molar-refractivity contribution in [3.8, 4) is 5.75 Å². The van der Waals surface area contributed by atoms with Gasteiger partial charge >= 0.3 is 0 Å². The predicted molar refractivity (Wildman–Crippen MR) is 108 cm³/mol. The first kappa shape index (κ1) is 21.2. The third-order valence-electron chi connectivity index (χ3n) is 3.77. The molecule has 0 fully saturated rings. The van der Waals surface area contributed by atoms with Gasteiger partial charge in [-0.25, -0.2) is 8.42 Å². The van der Waals surface area contributed by atoms with Gasteiger partial charge in [0.2, 0.25) is 15.9 Å². The number of hydrogen-bond acceptors (Lipinski definition) is 5. The minimum Gasteiger partial charge on any atom is -0.497 e. The van der Waals surface area contributed by atoms with E-state index in [0.717, 1.165) is 11.8 Å². The van der Waals surface area contributed by atoms with Crippen LogP contribution in [-0.2, 0) is 21.4 Å². The van der Waals surface area contributed by atoms with Gasteiger partial charge < -0.3 is 15.0 Å². The smallest absolute Gasteiger partial charge is 0.256 e. The molecular weight excluding hydrogens is 382 g/mol. The van der Waals surface area contributed by atoms with E-state index in [-0.39, 0.29) is 17.2 Å². The van der Waals surface area contributed by atoms with Crippen LogP contribution in [0.2, 0.25) is 0 Å². The fraction of sp³-hybridized carbons (Fsp3) is 0.263. The van der Waals surface area contributed by atoms with Gasteiger partial charge in [-0.3, -0.25) is 14.3 Å². The number of anilines is 2. The first-order valence-corrected chi connectivity index (χ1v) is 10.3. The molecule has 2 aromatic carbocycles. The van der Waals surface area contributed by atoms with Crippen molar-refractivity contribution >= 4 is 33.2 Å². The molecule has 0 saturated carbocycles. The average Bonchev–Trinajstić information content (AvgIpc) is 2.61. The first-order chi connectivity index (χ1) is 13.1. The van der Waals surface area contributed by atoms with E-state index in [1.807, 2.05) is 18.2 Å². The number of amides is 2. The van der Waals surface area contributed by atoms with E-state index < -0.39 is 15.9 Å². The molecule has 0 atom stereocenters. The zero-order chi connectivity index (χ0) is 20.9. The number of nitrogens with zero attached hydrogens (tertiary/aromatic N) is 1. The van der Waals surface area contributed by atoms with E-state index in [2.05, 4.69) is 10.0 Å². The van der Waals surface area contributed by atoms with Crippen molar-refractivity contribution in [1.29, 1.82) is 0 Å². The molecule has 150 valence electrons. The van der Waals surface area contributed by atoms with Gasteiger partial charge in [0.1, 0.15) is 5.75 Å². The Morgan fingerprint density at radius 2 is 1.86 bits per heavy atom. The molecule has 2 amide bonds. The number of methoxy groups -OCH3 is 1. The van der Waals surface area contributed by atoms with Gasteiger partial charge in [0.05, 0.1) is 24.6 Å². The third kappa shape index (κ3) is 5.98. The standard InChI is InChI=1S/C19H23N3O5S/c1-13(23)20-15-8-9-18(21-28(4,25)26)17(11-15)19(24)22(2)12-14-6-5-7-16(10-14)27-3/h5-11,21H,12H2,1-4H3,(H,20,23). The lowest BCUT2D eigenvalue weighted by Gasteiger charge is -2.20. The minimum atomic E-state index is -3.59. The van der Waals surface area contributed by atoms with Crippen LogP contribution in [-0.4, -0.2) is 45.5 Å². The van der Waals surface area contributed by atoms with E-state index in [0.29, 0.717) is 18.0 Å². The van der Waals surface area contributed by atoms with E-state index >= 15 is 0 Å². The van der Waals surface area contributed by atoms with Crippen molar-refractivity contribution in [3.63, 3.8) is 0 Å². The molecule has 0 aliphatic heterocycles. The summed E-state index contributed by atoms with van der Waals surface area (Å²) < 4.78 is 30.8. The summed E-state index contributed by atoms with van der Waals surface area (Å²) in [6.07, 6.45) is 1.00. The van der Waals surface area contributed by atoms with Crippen molar-refractivity contribution in [2.24, 2.45) is 0 Å². The Kier molecular flexibility index (Phi) is 6.63. The van der Waals surface area contributed by atoms with Crippen molar-refractivity contribution < 1.29 is 22.7 Å². The number of hydrogen-bond donors (Lipinski definition) is 2. The molecule has 2 N–H and O–H groups in total. The maximum absolute atomic E-state index is 13.0. The molecule has 0 saturated heterocycles. The molecule has 28 heavy (non-hydrogen) atoms. The highest BCUT2D eigenvalue weighted by Crippen LogP contribution is 2.24. The maximum Gasteiger partial charge on any atom is 0.256 e. The summed E-state index contributed by atoms with van der Waals surface area (Å²) in [6, 6.07) is 11.7. The second-order valence-corrected chi connectivity index (χ2v) is 8.08. The maximum atomic E-state index is 13.0. The van der Waals surface area contributed by atoms with Gasteiger partial charge in [-0.15, -0.1) is 0 Å². The predicted octanol–water partition coefficient (Wildman–Crippen LogP) is 2.30. The van der Waals surface area contributed by atoms with Crippen LogP contribution in [0.5, 0.6) is 5.75 Å². The van der Waals surface area contributed by atoms with Crippen molar-refractivity contribution in [2.75, 3.05) is 30.5 Å². The zero-order valence-electron chi connectivity index (χ0n) is 16.1. The number of carbonyl (C=O) groups is 2. The molecule has 0 heterocycles. The quantitative estimate of drug-likeness (QED) is 0.735. The minimum absolute atomic E-state index is 0.127. The summed E-state index contributed by atoms with van der Waals surface area (Å²) in [4.78, 5) is 25.8. The topological polar surface area (TPSA) is 105 Å². The van der Waals surface area contributed by atoms with Crippen LogP contribution in [0.4, 0.5) is 11.4 Å². The zero-order valence-corrected chi connectivity index (χ0v) is 17.0. The Morgan fingerprint density at radius 3 is 2.46 bits per heavy atom. The summed E-state index contributed by atoms with van der Waals surface area (Å²) >= 11 is 0. The summed E-state index contributed by atoms with van der Waals surface area (Å²) in [5.74, 6) is -0.0291. The SMILES string of the molecule is COc1cccc(CN(C)C(=O)c2cc(NC(C)=O)ccc2NS(C)(=O)=O)c1. The van der Waals surface area contributed by atoms with Crippen molar-refractivity contribution in [3.05, 3.63) is 53.6 Å². The van der Waals surface area contributed by atoms with Crippen LogP contribution < -0.4 is 14.8 Å². The van der Waals surface area contributed by atoms with E-state index in [9.17, 15) is 18.0 Å². The van der Waals surface area contributed by atoms with Gasteiger partial charge in [-0.05, 0) is 35.9 Å². The first-order valence-electron chi connectivity index (χ1n) is 8.37. The van der Waals surface area contributed by atoms with Gasteiger partial charge in [0.15, 0.2) is 0 Å². The van der Waals surface area contributed by atoms with Crippen molar-refractivity contribution in [1.82, 2.24) is 4.90 Å². The Labute approximate surface area is 164 Å². The molecule has 0 bridgehead atoms. The molecule has 0 spiro atoms. The lowest BCUT2D eigenvalue weighted by Crippen LogP contribution is -2.27. The average molecular weight is 405 g/mol. The number of carbonyl (C=O) groups excluding carboxylic acids is 2. The second-order valence-electron chi connectivity index (χ2n) is 6.33. The normalized spacial score (nSPS) is 10.9. The Bertz CT molecular complexity index is 989. The van der Waals surface area contributed by atoms with Gasteiger partial charge in [0.25, 0.3) is 5.91 Å². The van der Waals surface area contributed by atoms with Gasteiger partial charge in [-0.2, -0.15) is 0 Å². The number of nitrogens with one attached hydrogen (secondary N) is 2. The number of ether oxygens (including phenoxy) is 1. The van der Waals surface area contributed by atoms with Gasteiger partial charge in [-0.1, -0.05) is 12.1 Å². The lowest BCUT2D eigenvalue weighted by atomic mass is 10.1. The summed E-state index contributed by atoms with van der Waals surface area (Å²) in [5, 5.41) is 2.59. The van der Waals surface area contributed by atoms with Crippen LogP contribution in [0.1, 0.15) is 22.8 Å². The van der Waals surface area contributed by atoms with Crippen LogP contribution in [0.15, 0.2) is 42.5 Å². The third-order valence-corrected chi connectivity index (χ3v) is 4.36. The lowest BCUT2D eigenvalue weighted by molar-refractivity contribution is -0.114. The Balaban J connectivity index is 2.35.